The lowest BCUT2D eigenvalue weighted by molar-refractivity contribution is -0.131. The van der Waals surface area contributed by atoms with E-state index >= 15 is 0 Å². The maximum Gasteiger partial charge on any atom is 0.325 e. The van der Waals surface area contributed by atoms with Crippen molar-refractivity contribution < 1.29 is 18.8 Å². The van der Waals surface area contributed by atoms with Gasteiger partial charge in [-0.15, -0.1) is 0 Å². The Morgan fingerprint density at radius 2 is 1.80 bits per heavy atom. The van der Waals surface area contributed by atoms with Crippen LogP contribution in [-0.2, 0) is 16.9 Å². The van der Waals surface area contributed by atoms with E-state index < -0.39 is 29.2 Å². The number of halogens is 1. The van der Waals surface area contributed by atoms with E-state index in [-0.39, 0.29) is 12.1 Å². The van der Waals surface area contributed by atoms with Crippen LogP contribution >= 0.6 is 0 Å². The van der Waals surface area contributed by atoms with Crippen molar-refractivity contribution in [1.29, 1.82) is 0 Å². The number of nitrogens with one attached hydrogen (secondary N) is 1. The molecule has 2 aromatic rings. The van der Waals surface area contributed by atoms with Gasteiger partial charge in [-0.1, -0.05) is 30.3 Å². The standard InChI is InChI=1S/C18H16FN3O3/c1-18(13-4-2-3-5-14(13)19)16(24)22(17(25)21-18)10-11-6-8-12(9-7-11)15(20)23/h2-9H,10H2,1H3,(H2,20,23)(H,21,25)/t18-/m1/s1. The van der Waals surface area contributed by atoms with Crippen LogP contribution < -0.4 is 11.1 Å². The molecule has 1 aliphatic rings. The number of hydrogen-bond donors (Lipinski definition) is 2. The van der Waals surface area contributed by atoms with Gasteiger partial charge in [0.25, 0.3) is 5.91 Å². The highest BCUT2D eigenvalue weighted by molar-refractivity contribution is 6.07. The molecule has 1 atom stereocenters. The molecule has 0 aliphatic carbocycles. The van der Waals surface area contributed by atoms with Crippen LogP contribution in [0.4, 0.5) is 9.18 Å². The first-order valence-corrected chi connectivity index (χ1v) is 7.61. The van der Waals surface area contributed by atoms with E-state index in [1.54, 1.807) is 18.2 Å². The quantitative estimate of drug-likeness (QED) is 0.832. The summed E-state index contributed by atoms with van der Waals surface area (Å²) in [6, 6.07) is 11.5. The number of hydrogen-bond acceptors (Lipinski definition) is 3. The van der Waals surface area contributed by atoms with Crippen molar-refractivity contribution in [2.75, 3.05) is 0 Å². The van der Waals surface area contributed by atoms with Crippen LogP contribution in [-0.4, -0.2) is 22.7 Å². The van der Waals surface area contributed by atoms with Crippen molar-refractivity contribution in [1.82, 2.24) is 10.2 Å². The fourth-order valence-corrected chi connectivity index (χ4v) is 2.85. The Morgan fingerprint density at radius 3 is 2.40 bits per heavy atom. The summed E-state index contributed by atoms with van der Waals surface area (Å²) in [5.74, 6) is -1.67. The van der Waals surface area contributed by atoms with Gasteiger partial charge in [-0.2, -0.15) is 0 Å². The molecule has 4 amide bonds. The van der Waals surface area contributed by atoms with Gasteiger partial charge in [-0.05, 0) is 30.7 Å². The van der Waals surface area contributed by atoms with Gasteiger partial charge in [0.2, 0.25) is 5.91 Å². The van der Waals surface area contributed by atoms with Gasteiger partial charge in [0.05, 0.1) is 6.54 Å². The molecule has 1 aliphatic heterocycles. The number of urea groups is 1. The first-order valence-electron chi connectivity index (χ1n) is 7.61. The summed E-state index contributed by atoms with van der Waals surface area (Å²) >= 11 is 0. The zero-order valence-electron chi connectivity index (χ0n) is 13.5. The molecule has 3 N–H and O–H groups in total. The van der Waals surface area contributed by atoms with Crippen LogP contribution in [0.3, 0.4) is 0 Å². The summed E-state index contributed by atoms with van der Waals surface area (Å²) in [7, 11) is 0. The lowest BCUT2D eigenvalue weighted by Crippen LogP contribution is -2.41. The van der Waals surface area contributed by atoms with Gasteiger partial charge < -0.3 is 11.1 Å². The molecule has 1 saturated heterocycles. The largest absolute Gasteiger partial charge is 0.366 e. The molecule has 0 bridgehead atoms. The SMILES string of the molecule is C[C@]1(c2ccccc2F)NC(=O)N(Cc2ccc(C(N)=O)cc2)C1=O. The summed E-state index contributed by atoms with van der Waals surface area (Å²) in [4.78, 5) is 37.1. The van der Waals surface area contributed by atoms with E-state index in [0.717, 1.165) is 4.90 Å². The van der Waals surface area contributed by atoms with Gasteiger partial charge in [0, 0.05) is 11.1 Å². The first-order chi connectivity index (χ1) is 11.8. The maximum absolute atomic E-state index is 14.1. The zero-order chi connectivity index (χ0) is 18.2. The van der Waals surface area contributed by atoms with Crippen molar-refractivity contribution in [2.24, 2.45) is 5.73 Å². The number of benzene rings is 2. The molecule has 1 fully saturated rings. The van der Waals surface area contributed by atoms with Gasteiger partial charge in [0.1, 0.15) is 11.4 Å². The van der Waals surface area contributed by atoms with Crippen molar-refractivity contribution in [3.8, 4) is 0 Å². The number of carbonyl (C=O) groups is 3. The highest BCUT2D eigenvalue weighted by Gasteiger charge is 2.50. The monoisotopic (exact) mass is 341 g/mol. The Bertz CT molecular complexity index is 866. The Labute approximate surface area is 143 Å². The summed E-state index contributed by atoms with van der Waals surface area (Å²) in [6.07, 6.45) is 0. The summed E-state index contributed by atoms with van der Waals surface area (Å²) in [5, 5.41) is 2.56. The lowest BCUT2D eigenvalue weighted by Gasteiger charge is -2.22. The molecule has 1 heterocycles. The average Bonchev–Trinajstić information content (AvgIpc) is 2.80. The number of rotatable bonds is 4. The summed E-state index contributed by atoms with van der Waals surface area (Å²) in [5.41, 5.74) is 4.81. The van der Waals surface area contributed by atoms with Crippen LogP contribution in [0.15, 0.2) is 48.5 Å². The minimum Gasteiger partial charge on any atom is -0.366 e. The molecule has 7 heteroatoms. The molecule has 0 saturated carbocycles. The number of nitrogens with zero attached hydrogens (tertiary/aromatic N) is 1. The van der Waals surface area contributed by atoms with Crippen molar-refractivity contribution >= 4 is 17.8 Å². The van der Waals surface area contributed by atoms with Gasteiger partial charge in [0.15, 0.2) is 0 Å². The van der Waals surface area contributed by atoms with Crippen molar-refractivity contribution in [3.63, 3.8) is 0 Å². The van der Waals surface area contributed by atoms with Crippen LogP contribution in [0.5, 0.6) is 0 Å². The molecule has 0 unspecified atom stereocenters. The fourth-order valence-electron chi connectivity index (χ4n) is 2.85. The molecule has 128 valence electrons. The minimum atomic E-state index is -1.46. The predicted molar refractivity (Wildman–Crippen MR) is 87.8 cm³/mol. The third-order valence-electron chi connectivity index (χ3n) is 4.27. The topological polar surface area (TPSA) is 92.5 Å². The van der Waals surface area contributed by atoms with E-state index in [2.05, 4.69) is 5.32 Å². The van der Waals surface area contributed by atoms with E-state index in [4.69, 9.17) is 5.73 Å². The van der Waals surface area contributed by atoms with Crippen LogP contribution in [0.25, 0.3) is 0 Å². The van der Waals surface area contributed by atoms with Crippen LogP contribution in [0.1, 0.15) is 28.4 Å². The molecule has 6 nitrogen and oxygen atoms in total. The Morgan fingerprint density at radius 1 is 1.16 bits per heavy atom. The van der Waals surface area contributed by atoms with E-state index in [9.17, 15) is 18.8 Å². The number of carbonyl (C=O) groups excluding carboxylic acids is 3. The fraction of sp³-hybridized carbons (Fsp3) is 0.167. The average molecular weight is 341 g/mol. The van der Waals surface area contributed by atoms with Gasteiger partial charge in [-0.3, -0.25) is 14.5 Å². The molecular formula is C18H16FN3O3. The minimum absolute atomic E-state index is 0.00769. The van der Waals surface area contributed by atoms with E-state index in [1.165, 1.54) is 37.3 Å². The molecule has 3 rings (SSSR count). The van der Waals surface area contributed by atoms with Gasteiger partial charge in [-0.25, -0.2) is 9.18 Å². The van der Waals surface area contributed by atoms with Crippen molar-refractivity contribution in [2.45, 2.75) is 19.0 Å². The van der Waals surface area contributed by atoms with E-state index in [1.807, 2.05) is 0 Å². The number of nitrogens with two attached hydrogens (primary N) is 1. The molecule has 25 heavy (non-hydrogen) atoms. The second-order valence-corrected chi connectivity index (χ2v) is 5.99. The second-order valence-electron chi connectivity index (χ2n) is 5.99. The highest BCUT2D eigenvalue weighted by atomic mass is 19.1. The van der Waals surface area contributed by atoms with Crippen molar-refractivity contribution in [3.05, 3.63) is 71.0 Å². The van der Waals surface area contributed by atoms with Crippen LogP contribution in [0, 0.1) is 5.82 Å². The number of primary amides is 1. The van der Waals surface area contributed by atoms with E-state index in [0.29, 0.717) is 11.1 Å². The Balaban J connectivity index is 1.87. The maximum atomic E-state index is 14.1. The normalized spacial score (nSPS) is 19.8. The number of amides is 4. The highest BCUT2D eigenvalue weighted by Crippen LogP contribution is 2.31. The third-order valence-corrected chi connectivity index (χ3v) is 4.27. The Kier molecular flexibility index (Phi) is 4.00. The molecule has 0 spiro atoms. The van der Waals surface area contributed by atoms with Crippen LogP contribution in [0.2, 0.25) is 0 Å². The smallest absolute Gasteiger partial charge is 0.325 e. The molecule has 2 aromatic carbocycles. The number of imide groups is 1. The Hall–Kier alpha value is -3.22. The summed E-state index contributed by atoms with van der Waals surface area (Å²) in [6.45, 7) is 1.48. The third kappa shape index (κ3) is 2.84. The predicted octanol–water partition coefficient (Wildman–Crippen LogP) is 1.89. The lowest BCUT2D eigenvalue weighted by atomic mass is 9.91. The van der Waals surface area contributed by atoms with Gasteiger partial charge >= 0.3 is 6.03 Å². The molecular weight excluding hydrogens is 325 g/mol. The molecule has 0 aromatic heterocycles. The first kappa shape index (κ1) is 16.6. The molecule has 0 radical (unpaired) electrons. The second kappa shape index (κ2) is 6.01. The zero-order valence-corrected chi connectivity index (χ0v) is 13.5. The summed E-state index contributed by atoms with van der Waals surface area (Å²) < 4.78 is 14.1.